The molecule has 4 rings (SSSR count). The Labute approximate surface area is 163 Å². The number of aromatic nitrogens is 1. The summed E-state index contributed by atoms with van der Waals surface area (Å²) in [6, 6.07) is 13.5. The summed E-state index contributed by atoms with van der Waals surface area (Å²) in [7, 11) is 3.36. The van der Waals surface area contributed by atoms with Crippen molar-refractivity contribution in [3.05, 3.63) is 58.6 Å². The highest BCUT2D eigenvalue weighted by molar-refractivity contribution is 5.73. The van der Waals surface area contributed by atoms with E-state index in [2.05, 4.69) is 15.9 Å². The molecule has 7 nitrogen and oxygen atoms in total. The molecule has 3 aromatic rings. The summed E-state index contributed by atoms with van der Waals surface area (Å²) >= 11 is 0. The number of aryl methyl sites for hydroxylation is 1. The van der Waals surface area contributed by atoms with Crippen LogP contribution >= 0.6 is 0 Å². The molecule has 0 amide bonds. The van der Waals surface area contributed by atoms with Gasteiger partial charge in [0, 0.05) is 39.8 Å². The number of anilines is 1. The number of aliphatic hydroxyl groups is 1. The number of piperazine rings is 1. The molecule has 1 aliphatic rings. The molecule has 148 valence electrons. The minimum absolute atomic E-state index is 0.394. The van der Waals surface area contributed by atoms with Crippen molar-refractivity contribution in [1.29, 1.82) is 0 Å². The Morgan fingerprint density at radius 1 is 1.14 bits per heavy atom. The molecule has 0 spiro atoms. The van der Waals surface area contributed by atoms with Crippen molar-refractivity contribution in [2.45, 2.75) is 6.10 Å². The van der Waals surface area contributed by atoms with Crippen LogP contribution in [0.15, 0.2) is 51.7 Å². The van der Waals surface area contributed by atoms with E-state index in [-0.39, 0.29) is 0 Å². The summed E-state index contributed by atoms with van der Waals surface area (Å²) in [5, 5.41) is 10.7. The quantitative estimate of drug-likeness (QED) is 0.727. The molecule has 1 aliphatic heterocycles. The summed E-state index contributed by atoms with van der Waals surface area (Å²) in [5.41, 5.74) is 3.10. The zero-order valence-electron chi connectivity index (χ0n) is 16.2. The summed E-state index contributed by atoms with van der Waals surface area (Å²) in [5.74, 6) is 0.489. The molecule has 1 fully saturated rings. The van der Waals surface area contributed by atoms with E-state index in [9.17, 15) is 9.90 Å². The Morgan fingerprint density at radius 3 is 2.64 bits per heavy atom. The number of ether oxygens (including phenoxy) is 1. The molecule has 0 unspecified atom stereocenters. The van der Waals surface area contributed by atoms with Crippen molar-refractivity contribution in [2.24, 2.45) is 7.05 Å². The van der Waals surface area contributed by atoms with Gasteiger partial charge in [-0.3, -0.25) is 9.47 Å². The summed E-state index contributed by atoms with van der Waals surface area (Å²) in [6.07, 6.45) is -0.632. The summed E-state index contributed by atoms with van der Waals surface area (Å²) in [6.45, 7) is 4.01. The van der Waals surface area contributed by atoms with Gasteiger partial charge in [0.2, 0.25) is 0 Å². The normalized spacial score (nSPS) is 16.5. The van der Waals surface area contributed by atoms with E-state index in [1.165, 1.54) is 4.57 Å². The largest absolute Gasteiger partial charge is 0.495 e. The number of aliphatic hydroxyl groups excluding tert-OH is 1. The predicted molar refractivity (Wildman–Crippen MR) is 108 cm³/mol. The van der Waals surface area contributed by atoms with Crippen molar-refractivity contribution >= 4 is 16.8 Å². The van der Waals surface area contributed by atoms with Gasteiger partial charge < -0.3 is 19.2 Å². The fourth-order valence-electron chi connectivity index (χ4n) is 3.77. The van der Waals surface area contributed by atoms with Crippen molar-refractivity contribution in [1.82, 2.24) is 9.47 Å². The van der Waals surface area contributed by atoms with E-state index < -0.39 is 11.9 Å². The van der Waals surface area contributed by atoms with Gasteiger partial charge in [-0.05, 0) is 29.8 Å². The Morgan fingerprint density at radius 2 is 1.89 bits per heavy atom. The van der Waals surface area contributed by atoms with Gasteiger partial charge in [-0.25, -0.2) is 4.79 Å². The second-order valence-corrected chi connectivity index (χ2v) is 7.13. The zero-order chi connectivity index (χ0) is 19.7. The first-order valence-electron chi connectivity index (χ1n) is 9.44. The molecule has 7 heteroatoms. The van der Waals surface area contributed by atoms with Crippen LogP contribution in [0.5, 0.6) is 5.75 Å². The lowest BCUT2D eigenvalue weighted by molar-refractivity contribution is 0.109. The second kappa shape index (κ2) is 7.69. The van der Waals surface area contributed by atoms with Gasteiger partial charge in [0.15, 0.2) is 5.58 Å². The molecule has 0 radical (unpaired) electrons. The van der Waals surface area contributed by atoms with Crippen LogP contribution in [0.4, 0.5) is 5.69 Å². The number of oxazole rings is 1. The fourth-order valence-corrected chi connectivity index (χ4v) is 3.77. The molecule has 2 heterocycles. The van der Waals surface area contributed by atoms with Crippen LogP contribution in [-0.4, -0.2) is 54.4 Å². The number of fused-ring (bicyclic) bond motifs is 1. The third-order valence-electron chi connectivity index (χ3n) is 5.43. The maximum atomic E-state index is 11.6. The number of rotatable bonds is 5. The average molecular weight is 383 g/mol. The number of benzene rings is 2. The minimum atomic E-state index is -0.632. The maximum absolute atomic E-state index is 11.6. The molecule has 0 aliphatic carbocycles. The highest BCUT2D eigenvalue weighted by Crippen LogP contribution is 2.28. The first kappa shape index (κ1) is 18.6. The van der Waals surface area contributed by atoms with Crippen LogP contribution in [0.25, 0.3) is 11.1 Å². The topological polar surface area (TPSA) is 71.1 Å². The average Bonchev–Trinajstić information content (AvgIpc) is 3.01. The number of para-hydroxylation sites is 2. The van der Waals surface area contributed by atoms with Crippen LogP contribution in [0.1, 0.15) is 11.7 Å². The molecule has 0 bridgehead atoms. The number of β-amino-alcohol motifs (C(OH)–C–C–N with tert-alkyl or cyclic N) is 1. The standard InChI is InChI=1S/C21H25N3O4/c1-22-16-8-7-15(13-20(16)28-21(22)26)18(25)14-23-9-11-24(12-10-23)17-5-3-4-6-19(17)27-2/h3-8,13,18,25H,9-12,14H2,1-2H3/t18-/m1/s1. The van der Waals surface area contributed by atoms with Crippen LogP contribution in [0.3, 0.4) is 0 Å². The zero-order valence-corrected chi connectivity index (χ0v) is 16.2. The fraction of sp³-hybridized carbons (Fsp3) is 0.381. The number of hydrogen-bond donors (Lipinski definition) is 1. The lowest BCUT2D eigenvalue weighted by atomic mass is 10.1. The van der Waals surface area contributed by atoms with Gasteiger partial charge >= 0.3 is 5.76 Å². The second-order valence-electron chi connectivity index (χ2n) is 7.13. The van der Waals surface area contributed by atoms with Crippen LogP contribution in [-0.2, 0) is 7.05 Å². The maximum Gasteiger partial charge on any atom is 0.419 e. The van der Waals surface area contributed by atoms with Crippen LogP contribution in [0.2, 0.25) is 0 Å². The molecule has 0 saturated carbocycles. The molecule has 28 heavy (non-hydrogen) atoms. The molecular formula is C21H25N3O4. The van der Waals surface area contributed by atoms with Gasteiger partial charge in [-0.15, -0.1) is 0 Å². The Hall–Kier alpha value is -2.77. The van der Waals surface area contributed by atoms with E-state index in [0.29, 0.717) is 12.1 Å². The van der Waals surface area contributed by atoms with Crippen molar-refractivity contribution in [2.75, 3.05) is 44.7 Å². The lowest BCUT2D eigenvalue weighted by Gasteiger charge is -2.37. The van der Waals surface area contributed by atoms with Crippen LogP contribution < -0.4 is 15.4 Å². The van der Waals surface area contributed by atoms with Gasteiger partial charge in [-0.2, -0.15) is 0 Å². The molecule has 2 aromatic carbocycles. The first-order valence-corrected chi connectivity index (χ1v) is 9.44. The number of nitrogens with zero attached hydrogens (tertiary/aromatic N) is 3. The van der Waals surface area contributed by atoms with E-state index in [1.54, 1.807) is 20.2 Å². The number of methoxy groups -OCH3 is 1. The third kappa shape index (κ3) is 3.50. The predicted octanol–water partition coefficient (Wildman–Crippen LogP) is 2.00. The molecular weight excluding hydrogens is 358 g/mol. The Kier molecular flexibility index (Phi) is 5.11. The molecule has 1 N–H and O–H groups in total. The van der Waals surface area contributed by atoms with Gasteiger partial charge in [0.05, 0.1) is 24.4 Å². The monoisotopic (exact) mass is 383 g/mol. The highest BCUT2D eigenvalue weighted by atomic mass is 16.5. The molecule has 1 saturated heterocycles. The minimum Gasteiger partial charge on any atom is -0.495 e. The van der Waals surface area contributed by atoms with Crippen molar-refractivity contribution < 1.29 is 14.3 Å². The van der Waals surface area contributed by atoms with E-state index in [0.717, 1.165) is 48.7 Å². The van der Waals surface area contributed by atoms with Crippen LogP contribution in [0, 0.1) is 0 Å². The van der Waals surface area contributed by atoms with Gasteiger partial charge in [0.1, 0.15) is 5.75 Å². The van der Waals surface area contributed by atoms with E-state index in [1.807, 2.05) is 30.3 Å². The Bertz CT molecular complexity index is 1020. The molecule has 1 aromatic heterocycles. The molecule has 1 atom stereocenters. The van der Waals surface area contributed by atoms with Gasteiger partial charge in [0.25, 0.3) is 0 Å². The first-order chi connectivity index (χ1) is 13.6. The summed E-state index contributed by atoms with van der Waals surface area (Å²) < 4.78 is 12.2. The third-order valence-corrected chi connectivity index (χ3v) is 5.43. The van der Waals surface area contributed by atoms with Gasteiger partial charge in [-0.1, -0.05) is 18.2 Å². The lowest BCUT2D eigenvalue weighted by Crippen LogP contribution is -2.47. The van der Waals surface area contributed by atoms with Crippen molar-refractivity contribution in [3.63, 3.8) is 0 Å². The highest BCUT2D eigenvalue weighted by Gasteiger charge is 2.22. The van der Waals surface area contributed by atoms with E-state index >= 15 is 0 Å². The summed E-state index contributed by atoms with van der Waals surface area (Å²) in [4.78, 5) is 16.2. The smallest absolute Gasteiger partial charge is 0.419 e. The Balaban J connectivity index is 1.40. The SMILES string of the molecule is COc1ccccc1N1CCN(C[C@@H](O)c2ccc3c(c2)oc(=O)n3C)CC1. The van der Waals surface area contributed by atoms with E-state index in [4.69, 9.17) is 9.15 Å². The number of hydrogen-bond acceptors (Lipinski definition) is 6. The van der Waals surface area contributed by atoms with Crippen molar-refractivity contribution in [3.8, 4) is 5.75 Å².